The maximum absolute atomic E-state index is 13.3. The first kappa shape index (κ1) is 26.2. The Morgan fingerprint density at radius 1 is 0.949 bits per heavy atom. The van der Waals surface area contributed by atoms with E-state index in [9.17, 15) is 9.59 Å². The third-order valence-electron chi connectivity index (χ3n) is 7.19. The molecule has 0 atom stereocenters. The zero-order valence-corrected chi connectivity index (χ0v) is 22.7. The molecule has 3 N–H and O–H groups in total. The van der Waals surface area contributed by atoms with Crippen LogP contribution in [0, 0.1) is 20.8 Å². The van der Waals surface area contributed by atoms with Crippen molar-refractivity contribution in [3.05, 3.63) is 88.7 Å². The summed E-state index contributed by atoms with van der Waals surface area (Å²) in [7, 11) is 1.67. The van der Waals surface area contributed by atoms with Crippen molar-refractivity contribution in [3.8, 4) is 28.3 Å². The fourth-order valence-electron chi connectivity index (χ4n) is 5.08. The highest BCUT2D eigenvalue weighted by molar-refractivity contribution is 6.05. The van der Waals surface area contributed by atoms with Gasteiger partial charge in [-0.05, 0) is 67.8 Å². The van der Waals surface area contributed by atoms with Crippen molar-refractivity contribution in [1.82, 2.24) is 20.2 Å². The fraction of sp³-hybridized carbons (Fsp3) is 0.258. The molecule has 8 nitrogen and oxygen atoms in total. The first-order chi connectivity index (χ1) is 18.9. The van der Waals surface area contributed by atoms with Gasteiger partial charge < -0.3 is 25.3 Å². The van der Waals surface area contributed by atoms with E-state index in [0.717, 1.165) is 46.7 Å². The molecular weight excluding hydrogens is 490 g/mol. The number of amides is 2. The number of H-pyrrole nitrogens is 1. The molecule has 39 heavy (non-hydrogen) atoms. The van der Waals surface area contributed by atoms with Gasteiger partial charge in [-0.1, -0.05) is 30.3 Å². The van der Waals surface area contributed by atoms with Crippen LogP contribution >= 0.6 is 0 Å². The number of nitrogens with one attached hydrogen (secondary N) is 3. The minimum absolute atomic E-state index is 0.0368. The standard InChI is InChI=1S/C31H33N5O3/c1-19-8-5-6-11-24(19)27-20(2)25(12-13-26(27)39-4)29-33-21(3)28(35-29)30(37)34-23-10-7-9-22(18-23)31(38)36-16-14-32-15-17-36/h5-13,18,32H,14-17H2,1-4H3,(H,33,35)(H,34,37). The number of carbonyl (C=O) groups is 2. The number of aryl methyl sites for hydroxylation is 2. The monoisotopic (exact) mass is 523 g/mol. The maximum atomic E-state index is 13.3. The van der Waals surface area contributed by atoms with E-state index in [4.69, 9.17) is 9.72 Å². The molecule has 200 valence electrons. The Morgan fingerprint density at radius 3 is 2.46 bits per heavy atom. The summed E-state index contributed by atoms with van der Waals surface area (Å²) in [5.74, 6) is 1.01. The number of aromatic amines is 1. The van der Waals surface area contributed by atoms with Gasteiger partial charge in [0, 0.05) is 54.3 Å². The number of ether oxygens (including phenoxy) is 1. The summed E-state index contributed by atoms with van der Waals surface area (Å²) in [6, 6.07) is 19.1. The number of nitrogens with zero attached hydrogens (tertiary/aromatic N) is 2. The molecule has 0 aliphatic carbocycles. The Balaban J connectivity index is 1.42. The summed E-state index contributed by atoms with van der Waals surface area (Å²) in [6.45, 7) is 8.84. The van der Waals surface area contributed by atoms with Crippen LogP contribution in [0.3, 0.4) is 0 Å². The summed E-state index contributed by atoms with van der Waals surface area (Å²) in [5, 5.41) is 6.17. The molecule has 0 bridgehead atoms. The summed E-state index contributed by atoms with van der Waals surface area (Å²) >= 11 is 0. The van der Waals surface area contributed by atoms with E-state index in [0.29, 0.717) is 41.6 Å². The van der Waals surface area contributed by atoms with Gasteiger partial charge in [-0.15, -0.1) is 0 Å². The molecule has 5 rings (SSSR count). The molecule has 0 saturated carbocycles. The minimum atomic E-state index is -0.341. The SMILES string of the molecule is COc1ccc(-c2nc(C(=O)Nc3cccc(C(=O)N4CCNCC4)c3)c(C)[nH]2)c(C)c1-c1ccccc1C. The van der Waals surface area contributed by atoms with Crippen LogP contribution in [0.5, 0.6) is 5.75 Å². The quantitative estimate of drug-likeness (QED) is 0.331. The number of hydrogen-bond donors (Lipinski definition) is 3. The molecular formula is C31H33N5O3. The zero-order chi connectivity index (χ0) is 27.5. The Hall–Kier alpha value is -4.43. The zero-order valence-electron chi connectivity index (χ0n) is 22.7. The van der Waals surface area contributed by atoms with E-state index in [1.807, 2.05) is 43.0 Å². The number of benzene rings is 3. The van der Waals surface area contributed by atoms with Gasteiger partial charge in [-0.3, -0.25) is 9.59 Å². The molecule has 8 heteroatoms. The van der Waals surface area contributed by atoms with Crippen LogP contribution in [0.1, 0.15) is 37.7 Å². The lowest BCUT2D eigenvalue weighted by Gasteiger charge is -2.27. The first-order valence-corrected chi connectivity index (χ1v) is 13.1. The van der Waals surface area contributed by atoms with Crippen LogP contribution in [0.2, 0.25) is 0 Å². The van der Waals surface area contributed by atoms with Crippen LogP contribution in [0.15, 0.2) is 60.7 Å². The highest BCUT2D eigenvalue weighted by atomic mass is 16.5. The molecule has 3 aromatic carbocycles. The van der Waals surface area contributed by atoms with Crippen LogP contribution in [0.25, 0.3) is 22.5 Å². The first-order valence-electron chi connectivity index (χ1n) is 13.1. The Labute approximate surface area is 228 Å². The normalized spacial score (nSPS) is 13.3. The van der Waals surface area contributed by atoms with Crippen molar-refractivity contribution in [2.24, 2.45) is 0 Å². The maximum Gasteiger partial charge on any atom is 0.276 e. The highest BCUT2D eigenvalue weighted by Gasteiger charge is 2.22. The van der Waals surface area contributed by atoms with Gasteiger partial charge in [0.25, 0.3) is 11.8 Å². The molecule has 2 heterocycles. The van der Waals surface area contributed by atoms with Crippen molar-refractivity contribution >= 4 is 17.5 Å². The van der Waals surface area contributed by atoms with Gasteiger partial charge in [0.2, 0.25) is 0 Å². The fourth-order valence-corrected chi connectivity index (χ4v) is 5.08. The molecule has 0 radical (unpaired) electrons. The van der Waals surface area contributed by atoms with E-state index in [2.05, 4.69) is 34.7 Å². The van der Waals surface area contributed by atoms with Gasteiger partial charge in [0.15, 0.2) is 0 Å². The third kappa shape index (κ3) is 5.28. The molecule has 1 fully saturated rings. The van der Waals surface area contributed by atoms with Gasteiger partial charge >= 0.3 is 0 Å². The predicted octanol–water partition coefficient (Wildman–Crippen LogP) is 4.98. The number of anilines is 1. The van der Waals surface area contributed by atoms with E-state index < -0.39 is 0 Å². The molecule has 0 unspecified atom stereocenters. The van der Waals surface area contributed by atoms with Crippen molar-refractivity contribution < 1.29 is 14.3 Å². The van der Waals surface area contributed by atoms with Crippen LogP contribution in [0.4, 0.5) is 5.69 Å². The smallest absolute Gasteiger partial charge is 0.276 e. The van der Waals surface area contributed by atoms with Crippen molar-refractivity contribution in [3.63, 3.8) is 0 Å². The number of carbonyl (C=O) groups excluding carboxylic acids is 2. The van der Waals surface area contributed by atoms with Crippen LogP contribution < -0.4 is 15.4 Å². The molecule has 1 aliphatic rings. The largest absolute Gasteiger partial charge is 0.496 e. The second kappa shape index (κ2) is 11.1. The summed E-state index contributed by atoms with van der Waals surface area (Å²) in [5.41, 5.74) is 7.18. The van der Waals surface area contributed by atoms with Crippen LogP contribution in [-0.4, -0.2) is 60.0 Å². The van der Waals surface area contributed by atoms with Gasteiger partial charge in [-0.25, -0.2) is 4.98 Å². The summed E-state index contributed by atoms with van der Waals surface area (Å²) in [6.07, 6.45) is 0. The lowest BCUT2D eigenvalue weighted by molar-refractivity contribution is 0.0735. The Morgan fingerprint density at radius 2 is 1.72 bits per heavy atom. The second-order valence-electron chi connectivity index (χ2n) is 9.77. The van der Waals surface area contributed by atoms with Crippen LogP contribution in [-0.2, 0) is 0 Å². The lowest BCUT2D eigenvalue weighted by atomic mass is 9.92. The summed E-state index contributed by atoms with van der Waals surface area (Å²) < 4.78 is 5.70. The third-order valence-corrected chi connectivity index (χ3v) is 7.19. The average molecular weight is 524 g/mol. The molecule has 2 amide bonds. The molecule has 0 spiro atoms. The molecule has 1 aromatic heterocycles. The number of aromatic nitrogens is 2. The number of piperazine rings is 1. The number of rotatable bonds is 6. The lowest BCUT2D eigenvalue weighted by Crippen LogP contribution is -2.46. The van der Waals surface area contributed by atoms with Gasteiger partial charge in [0.05, 0.1) is 7.11 Å². The van der Waals surface area contributed by atoms with E-state index in [1.165, 1.54) is 0 Å². The molecule has 4 aromatic rings. The van der Waals surface area contributed by atoms with E-state index >= 15 is 0 Å². The number of imidazole rings is 1. The van der Waals surface area contributed by atoms with Crippen molar-refractivity contribution in [2.75, 3.05) is 38.6 Å². The van der Waals surface area contributed by atoms with Gasteiger partial charge in [-0.2, -0.15) is 0 Å². The molecule has 1 saturated heterocycles. The Kier molecular flexibility index (Phi) is 7.47. The Bertz CT molecular complexity index is 1540. The van der Waals surface area contributed by atoms with Gasteiger partial charge in [0.1, 0.15) is 17.3 Å². The summed E-state index contributed by atoms with van der Waals surface area (Å²) in [4.78, 5) is 36.0. The predicted molar refractivity (Wildman–Crippen MR) is 153 cm³/mol. The number of methoxy groups -OCH3 is 1. The van der Waals surface area contributed by atoms with Crippen molar-refractivity contribution in [2.45, 2.75) is 20.8 Å². The number of hydrogen-bond acceptors (Lipinski definition) is 5. The van der Waals surface area contributed by atoms with Crippen molar-refractivity contribution in [1.29, 1.82) is 0 Å². The topological polar surface area (TPSA) is 99.3 Å². The van der Waals surface area contributed by atoms with E-state index in [-0.39, 0.29) is 11.8 Å². The average Bonchev–Trinajstić information content (AvgIpc) is 3.34. The highest BCUT2D eigenvalue weighted by Crippen LogP contribution is 2.39. The molecule has 1 aliphatic heterocycles. The minimum Gasteiger partial charge on any atom is -0.496 e. The second-order valence-corrected chi connectivity index (χ2v) is 9.77. The van der Waals surface area contributed by atoms with E-state index in [1.54, 1.807) is 31.4 Å².